The molecule has 92 valence electrons. The van der Waals surface area contributed by atoms with E-state index in [9.17, 15) is 0 Å². The molecule has 0 amide bonds. The molecule has 1 unspecified atom stereocenters. The highest BCUT2D eigenvalue weighted by atomic mass is 14.6. The van der Waals surface area contributed by atoms with Gasteiger partial charge in [0.25, 0.3) is 0 Å². The van der Waals surface area contributed by atoms with E-state index in [-0.39, 0.29) is 5.41 Å². The average Bonchev–Trinajstić information content (AvgIpc) is 2.80. The third kappa shape index (κ3) is 1.85. The van der Waals surface area contributed by atoms with Gasteiger partial charge in [-0.15, -0.1) is 0 Å². The first kappa shape index (κ1) is 11.5. The molecular formula is C17H19N. The standard InChI is InChI=1S/C17H19N/c18-13-17(12-14-6-2-1-3-7-14)11-10-15-8-4-5-9-16(15)17/h1-9H,10-13,18H2. The van der Waals surface area contributed by atoms with E-state index in [1.54, 1.807) is 0 Å². The Labute approximate surface area is 109 Å². The number of rotatable bonds is 3. The van der Waals surface area contributed by atoms with Gasteiger partial charge in [-0.05, 0) is 36.0 Å². The van der Waals surface area contributed by atoms with Crippen molar-refractivity contribution in [2.24, 2.45) is 5.73 Å². The molecule has 0 fully saturated rings. The molecule has 0 spiro atoms. The van der Waals surface area contributed by atoms with Crippen molar-refractivity contribution >= 4 is 0 Å². The van der Waals surface area contributed by atoms with Crippen LogP contribution in [0.3, 0.4) is 0 Å². The molecule has 18 heavy (non-hydrogen) atoms. The highest BCUT2D eigenvalue weighted by Crippen LogP contribution is 2.40. The minimum atomic E-state index is 0.151. The summed E-state index contributed by atoms with van der Waals surface area (Å²) in [7, 11) is 0. The number of hydrogen-bond donors (Lipinski definition) is 1. The fourth-order valence-corrected chi connectivity index (χ4v) is 3.22. The second-order valence-electron chi connectivity index (χ2n) is 5.30. The van der Waals surface area contributed by atoms with Crippen molar-refractivity contribution in [3.63, 3.8) is 0 Å². The maximum absolute atomic E-state index is 6.13. The molecule has 3 rings (SSSR count). The van der Waals surface area contributed by atoms with Gasteiger partial charge in [0.05, 0.1) is 0 Å². The molecular weight excluding hydrogens is 218 g/mol. The Morgan fingerprint density at radius 1 is 0.944 bits per heavy atom. The largest absolute Gasteiger partial charge is 0.330 e. The van der Waals surface area contributed by atoms with Crippen molar-refractivity contribution in [1.82, 2.24) is 0 Å². The van der Waals surface area contributed by atoms with Crippen LogP contribution in [0.1, 0.15) is 23.1 Å². The zero-order valence-corrected chi connectivity index (χ0v) is 10.6. The summed E-state index contributed by atoms with van der Waals surface area (Å²) in [6, 6.07) is 19.5. The smallest absolute Gasteiger partial charge is 0.0122 e. The van der Waals surface area contributed by atoms with Crippen LogP contribution in [0.25, 0.3) is 0 Å². The lowest BCUT2D eigenvalue weighted by Gasteiger charge is -2.29. The highest BCUT2D eigenvalue weighted by Gasteiger charge is 2.37. The van der Waals surface area contributed by atoms with Crippen LogP contribution in [0.15, 0.2) is 54.6 Å². The van der Waals surface area contributed by atoms with Crippen LogP contribution < -0.4 is 5.73 Å². The van der Waals surface area contributed by atoms with Crippen LogP contribution in [0.2, 0.25) is 0 Å². The fourth-order valence-electron chi connectivity index (χ4n) is 3.22. The Hall–Kier alpha value is -1.60. The molecule has 1 atom stereocenters. The van der Waals surface area contributed by atoms with Gasteiger partial charge >= 0.3 is 0 Å². The number of aryl methyl sites for hydroxylation is 1. The van der Waals surface area contributed by atoms with Gasteiger partial charge in [0, 0.05) is 12.0 Å². The maximum Gasteiger partial charge on any atom is 0.0122 e. The van der Waals surface area contributed by atoms with E-state index in [0.717, 1.165) is 13.0 Å². The van der Waals surface area contributed by atoms with Gasteiger partial charge in [-0.1, -0.05) is 54.6 Å². The van der Waals surface area contributed by atoms with Crippen molar-refractivity contribution in [1.29, 1.82) is 0 Å². The minimum absolute atomic E-state index is 0.151. The summed E-state index contributed by atoms with van der Waals surface area (Å²) in [5.41, 5.74) is 10.6. The summed E-state index contributed by atoms with van der Waals surface area (Å²) < 4.78 is 0. The second kappa shape index (κ2) is 4.58. The number of nitrogens with two attached hydrogens (primary N) is 1. The number of benzene rings is 2. The lowest BCUT2D eigenvalue weighted by Crippen LogP contribution is -2.35. The molecule has 0 saturated heterocycles. The van der Waals surface area contributed by atoms with Gasteiger partial charge in [0.1, 0.15) is 0 Å². The van der Waals surface area contributed by atoms with E-state index in [1.165, 1.54) is 29.5 Å². The average molecular weight is 237 g/mol. The molecule has 0 saturated carbocycles. The Morgan fingerprint density at radius 3 is 2.44 bits per heavy atom. The zero-order chi connectivity index (χ0) is 12.4. The van der Waals surface area contributed by atoms with Crippen molar-refractivity contribution in [2.75, 3.05) is 6.54 Å². The van der Waals surface area contributed by atoms with E-state index >= 15 is 0 Å². The van der Waals surface area contributed by atoms with Crippen molar-refractivity contribution in [2.45, 2.75) is 24.7 Å². The first-order valence-electron chi connectivity index (χ1n) is 6.66. The minimum Gasteiger partial charge on any atom is -0.330 e. The molecule has 0 aromatic heterocycles. The Morgan fingerprint density at radius 2 is 1.67 bits per heavy atom. The van der Waals surface area contributed by atoms with Crippen LogP contribution in [0.5, 0.6) is 0 Å². The normalized spacial score (nSPS) is 21.8. The first-order valence-corrected chi connectivity index (χ1v) is 6.66. The quantitative estimate of drug-likeness (QED) is 0.872. The first-order chi connectivity index (χ1) is 8.84. The molecule has 2 aromatic rings. The molecule has 0 aliphatic heterocycles. The van der Waals surface area contributed by atoms with Crippen LogP contribution >= 0.6 is 0 Å². The molecule has 2 N–H and O–H groups in total. The van der Waals surface area contributed by atoms with Crippen molar-refractivity contribution < 1.29 is 0 Å². The Kier molecular flexibility index (Phi) is 2.92. The fraction of sp³-hybridized carbons (Fsp3) is 0.294. The van der Waals surface area contributed by atoms with E-state index in [0.29, 0.717) is 0 Å². The summed E-state index contributed by atoms with van der Waals surface area (Å²) in [5.74, 6) is 0. The number of fused-ring (bicyclic) bond motifs is 1. The second-order valence-corrected chi connectivity index (χ2v) is 5.30. The van der Waals surface area contributed by atoms with Crippen LogP contribution in [0.4, 0.5) is 0 Å². The van der Waals surface area contributed by atoms with Gasteiger partial charge in [0.15, 0.2) is 0 Å². The summed E-state index contributed by atoms with van der Waals surface area (Å²) in [5, 5.41) is 0. The van der Waals surface area contributed by atoms with Gasteiger partial charge in [-0.3, -0.25) is 0 Å². The summed E-state index contributed by atoms with van der Waals surface area (Å²) >= 11 is 0. The predicted octanol–water partition coefficient (Wildman–Crippen LogP) is 3.07. The van der Waals surface area contributed by atoms with Crippen molar-refractivity contribution in [3.05, 3.63) is 71.3 Å². The van der Waals surface area contributed by atoms with E-state index in [2.05, 4.69) is 54.6 Å². The summed E-state index contributed by atoms with van der Waals surface area (Å²) in [6.45, 7) is 0.735. The number of hydrogen-bond acceptors (Lipinski definition) is 1. The molecule has 1 aliphatic rings. The van der Waals surface area contributed by atoms with Crippen LogP contribution in [-0.4, -0.2) is 6.54 Å². The maximum atomic E-state index is 6.13. The summed E-state index contributed by atoms with van der Waals surface area (Å²) in [4.78, 5) is 0. The Bertz CT molecular complexity index is 532. The van der Waals surface area contributed by atoms with E-state index < -0.39 is 0 Å². The molecule has 0 bridgehead atoms. The molecule has 0 heterocycles. The highest BCUT2D eigenvalue weighted by molar-refractivity contribution is 5.41. The van der Waals surface area contributed by atoms with Gasteiger partial charge in [-0.2, -0.15) is 0 Å². The van der Waals surface area contributed by atoms with E-state index in [1.807, 2.05) is 0 Å². The van der Waals surface area contributed by atoms with Crippen LogP contribution in [-0.2, 0) is 18.3 Å². The third-order valence-corrected chi connectivity index (χ3v) is 4.24. The SMILES string of the molecule is NCC1(Cc2ccccc2)CCc2ccccc21. The third-order valence-electron chi connectivity index (χ3n) is 4.24. The van der Waals surface area contributed by atoms with Crippen molar-refractivity contribution in [3.8, 4) is 0 Å². The van der Waals surface area contributed by atoms with Gasteiger partial charge in [-0.25, -0.2) is 0 Å². The zero-order valence-electron chi connectivity index (χ0n) is 10.6. The molecule has 1 heteroatoms. The monoisotopic (exact) mass is 237 g/mol. The molecule has 0 radical (unpaired) electrons. The van der Waals surface area contributed by atoms with E-state index in [4.69, 9.17) is 5.73 Å². The topological polar surface area (TPSA) is 26.0 Å². The summed E-state index contributed by atoms with van der Waals surface area (Å²) in [6.07, 6.45) is 3.40. The lowest BCUT2D eigenvalue weighted by molar-refractivity contribution is 0.432. The Balaban J connectivity index is 1.98. The lowest BCUT2D eigenvalue weighted by atomic mass is 9.77. The van der Waals surface area contributed by atoms with Gasteiger partial charge in [0.2, 0.25) is 0 Å². The molecule has 1 aliphatic carbocycles. The molecule has 1 nitrogen and oxygen atoms in total. The predicted molar refractivity (Wildman–Crippen MR) is 75.6 cm³/mol. The molecule has 2 aromatic carbocycles. The van der Waals surface area contributed by atoms with Crippen LogP contribution in [0, 0.1) is 0 Å². The van der Waals surface area contributed by atoms with Gasteiger partial charge < -0.3 is 5.73 Å².